The van der Waals surface area contributed by atoms with Gasteiger partial charge < -0.3 is 29.2 Å². The fraction of sp³-hybridized carbons (Fsp3) is 0.400. The Kier molecular flexibility index (Phi) is 8.73. The fourth-order valence-electron chi connectivity index (χ4n) is 3.74. The van der Waals surface area contributed by atoms with Crippen LogP contribution in [0.15, 0.2) is 42.5 Å². The van der Waals surface area contributed by atoms with Crippen LogP contribution in [0, 0.1) is 0 Å². The summed E-state index contributed by atoms with van der Waals surface area (Å²) in [4.78, 5) is 38.5. The molecule has 3 rings (SSSR count). The quantitative estimate of drug-likeness (QED) is 0.467. The molecule has 2 aromatic carbocycles. The van der Waals surface area contributed by atoms with Gasteiger partial charge in [-0.25, -0.2) is 4.79 Å². The van der Waals surface area contributed by atoms with Crippen LogP contribution in [0.3, 0.4) is 0 Å². The van der Waals surface area contributed by atoms with E-state index < -0.39 is 6.16 Å². The molecule has 9 heteroatoms. The molecule has 9 nitrogen and oxygen atoms in total. The van der Waals surface area contributed by atoms with E-state index in [0.29, 0.717) is 48.7 Å². The van der Waals surface area contributed by atoms with Crippen molar-refractivity contribution < 1.29 is 33.3 Å². The molecule has 1 saturated heterocycles. The SMILES string of the molecule is CCOC(=O)Oc1ccc(C(=O)NC2CCN(C(=O)Cc3ccc(OC)c(OC)c3)CC2)cc1. The van der Waals surface area contributed by atoms with Gasteiger partial charge in [-0.3, -0.25) is 9.59 Å². The van der Waals surface area contributed by atoms with Gasteiger partial charge in [-0.15, -0.1) is 0 Å². The van der Waals surface area contributed by atoms with E-state index in [2.05, 4.69) is 5.32 Å². The molecule has 182 valence electrons. The van der Waals surface area contributed by atoms with E-state index in [1.165, 1.54) is 0 Å². The molecule has 1 aliphatic rings. The number of hydrogen-bond donors (Lipinski definition) is 1. The average Bonchev–Trinajstić information content (AvgIpc) is 2.85. The lowest BCUT2D eigenvalue weighted by atomic mass is 10.0. The van der Waals surface area contributed by atoms with E-state index in [9.17, 15) is 14.4 Å². The predicted octanol–water partition coefficient (Wildman–Crippen LogP) is 3.20. The Balaban J connectivity index is 1.46. The molecule has 1 N–H and O–H groups in total. The molecular weight excluding hydrogens is 440 g/mol. The van der Waals surface area contributed by atoms with Gasteiger partial charge in [0.15, 0.2) is 11.5 Å². The number of ether oxygens (including phenoxy) is 4. The first-order chi connectivity index (χ1) is 16.4. The van der Waals surface area contributed by atoms with Crippen LogP contribution in [-0.4, -0.2) is 62.8 Å². The minimum Gasteiger partial charge on any atom is -0.493 e. The van der Waals surface area contributed by atoms with E-state index >= 15 is 0 Å². The number of piperidine rings is 1. The number of methoxy groups -OCH3 is 2. The zero-order chi connectivity index (χ0) is 24.5. The molecule has 0 atom stereocenters. The van der Waals surface area contributed by atoms with Crippen LogP contribution in [0.5, 0.6) is 17.2 Å². The van der Waals surface area contributed by atoms with Crippen LogP contribution in [-0.2, 0) is 16.0 Å². The molecule has 1 aliphatic heterocycles. The van der Waals surface area contributed by atoms with Gasteiger partial charge in [-0.05, 0) is 61.7 Å². The van der Waals surface area contributed by atoms with Crippen molar-refractivity contribution in [2.45, 2.75) is 32.2 Å². The lowest BCUT2D eigenvalue weighted by Gasteiger charge is -2.32. The Morgan fingerprint density at radius 2 is 1.65 bits per heavy atom. The second-order valence-electron chi connectivity index (χ2n) is 7.80. The highest BCUT2D eigenvalue weighted by Gasteiger charge is 2.24. The first-order valence-corrected chi connectivity index (χ1v) is 11.2. The van der Waals surface area contributed by atoms with Crippen LogP contribution < -0.4 is 19.5 Å². The summed E-state index contributed by atoms with van der Waals surface area (Å²) in [5, 5.41) is 3.01. The zero-order valence-electron chi connectivity index (χ0n) is 19.7. The van der Waals surface area contributed by atoms with Gasteiger partial charge in [0.25, 0.3) is 5.91 Å². The predicted molar refractivity (Wildman–Crippen MR) is 124 cm³/mol. The highest BCUT2D eigenvalue weighted by atomic mass is 16.7. The highest BCUT2D eigenvalue weighted by molar-refractivity contribution is 5.94. The number of carbonyl (C=O) groups is 3. The number of amides is 2. The van der Waals surface area contributed by atoms with Crippen LogP contribution >= 0.6 is 0 Å². The fourth-order valence-corrected chi connectivity index (χ4v) is 3.74. The normalized spacial score (nSPS) is 13.7. The Bertz CT molecular complexity index is 999. The maximum absolute atomic E-state index is 12.7. The Hall–Kier alpha value is -3.75. The van der Waals surface area contributed by atoms with Crippen LogP contribution in [0.25, 0.3) is 0 Å². The summed E-state index contributed by atoms with van der Waals surface area (Å²) < 4.78 is 20.3. The molecule has 0 bridgehead atoms. The van der Waals surface area contributed by atoms with Crippen molar-refractivity contribution in [1.82, 2.24) is 10.2 Å². The highest BCUT2D eigenvalue weighted by Crippen LogP contribution is 2.28. The number of nitrogens with one attached hydrogen (secondary N) is 1. The van der Waals surface area contributed by atoms with Gasteiger partial charge in [0.1, 0.15) is 5.75 Å². The Morgan fingerprint density at radius 3 is 2.26 bits per heavy atom. The summed E-state index contributed by atoms with van der Waals surface area (Å²) in [7, 11) is 3.13. The third kappa shape index (κ3) is 6.63. The van der Waals surface area contributed by atoms with Crippen LogP contribution in [0.4, 0.5) is 4.79 Å². The minimum absolute atomic E-state index is 0.0203. The molecule has 2 amide bonds. The average molecular weight is 471 g/mol. The molecule has 0 unspecified atom stereocenters. The topological polar surface area (TPSA) is 103 Å². The molecule has 0 aliphatic carbocycles. The summed E-state index contributed by atoms with van der Waals surface area (Å²) in [6.07, 6.45) is 0.838. The molecular formula is C25H30N2O7. The third-order valence-corrected chi connectivity index (χ3v) is 5.57. The van der Waals surface area contributed by atoms with Crippen molar-refractivity contribution >= 4 is 18.0 Å². The summed E-state index contributed by atoms with van der Waals surface area (Å²) in [5.74, 6) is 1.34. The van der Waals surface area contributed by atoms with E-state index in [4.69, 9.17) is 18.9 Å². The number of likely N-dealkylation sites (tertiary alicyclic amines) is 1. The summed E-state index contributed by atoms with van der Waals surface area (Å²) >= 11 is 0. The minimum atomic E-state index is -0.785. The molecule has 1 heterocycles. The largest absolute Gasteiger partial charge is 0.513 e. The van der Waals surface area contributed by atoms with Gasteiger partial charge in [-0.1, -0.05) is 6.07 Å². The standard InChI is InChI=1S/C25H30N2O7/c1-4-33-25(30)34-20-8-6-18(7-9-20)24(29)26-19-11-13-27(14-12-19)23(28)16-17-5-10-21(31-2)22(15-17)32-3/h5-10,15,19H,4,11-14,16H2,1-3H3,(H,26,29). The van der Waals surface area contributed by atoms with Crippen molar-refractivity contribution in [3.8, 4) is 17.2 Å². The van der Waals surface area contributed by atoms with Crippen molar-refractivity contribution in [2.24, 2.45) is 0 Å². The van der Waals surface area contributed by atoms with E-state index in [0.717, 1.165) is 5.56 Å². The van der Waals surface area contributed by atoms with E-state index in [1.54, 1.807) is 51.5 Å². The maximum atomic E-state index is 12.7. The molecule has 0 radical (unpaired) electrons. The smallest absolute Gasteiger partial charge is 0.493 e. The second-order valence-corrected chi connectivity index (χ2v) is 7.80. The van der Waals surface area contributed by atoms with Crippen molar-refractivity contribution in [2.75, 3.05) is 33.9 Å². The van der Waals surface area contributed by atoms with Gasteiger partial charge in [0, 0.05) is 24.7 Å². The van der Waals surface area contributed by atoms with E-state index in [1.807, 2.05) is 17.0 Å². The monoisotopic (exact) mass is 470 g/mol. The first-order valence-electron chi connectivity index (χ1n) is 11.2. The Morgan fingerprint density at radius 1 is 0.971 bits per heavy atom. The third-order valence-electron chi connectivity index (χ3n) is 5.57. The van der Waals surface area contributed by atoms with Crippen molar-refractivity contribution in [1.29, 1.82) is 0 Å². The van der Waals surface area contributed by atoms with Crippen molar-refractivity contribution in [3.05, 3.63) is 53.6 Å². The number of benzene rings is 2. The summed E-state index contributed by atoms with van der Waals surface area (Å²) in [6, 6.07) is 11.7. The molecule has 0 spiro atoms. The van der Waals surface area contributed by atoms with Crippen molar-refractivity contribution in [3.63, 3.8) is 0 Å². The Labute approximate surface area is 198 Å². The molecule has 1 fully saturated rings. The summed E-state index contributed by atoms with van der Waals surface area (Å²) in [6.45, 7) is 3.06. The number of rotatable bonds is 8. The number of nitrogens with zero attached hydrogens (tertiary/aromatic N) is 1. The molecule has 34 heavy (non-hydrogen) atoms. The van der Waals surface area contributed by atoms with Crippen LogP contribution in [0.1, 0.15) is 35.7 Å². The lowest BCUT2D eigenvalue weighted by molar-refractivity contribution is -0.131. The van der Waals surface area contributed by atoms with Gasteiger partial charge in [0.05, 0.1) is 27.2 Å². The van der Waals surface area contributed by atoms with Crippen LogP contribution in [0.2, 0.25) is 0 Å². The maximum Gasteiger partial charge on any atom is 0.513 e. The van der Waals surface area contributed by atoms with Gasteiger partial charge in [-0.2, -0.15) is 0 Å². The number of hydrogen-bond acceptors (Lipinski definition) is 7. The molecule has 2 aromatic rings. The number of carbonyl (C=O) groups excluding carboxylic acids is 3. The second kappa shape index (κ2) is 11.9. The van der Waals surface area contributed by atoms with Gasteiger partial charge in [0.2, 0.25) is 5.91 Å². The molecule has 0 aromatic heterocycles. The van der Waals surface area contributed by atoms with E-state index in [-0.39, 0.29) is 30.9 Å². The lowest BCUT2D eigenvalue weighted by Crippen LogP contribution is -2.47. The summed E-state index contributed by atoms with van der Waals surface area (Å²) in [5.41, 5.74) is 1.32. The zero-order valence-corrected chi connectivity index (χ0v) is 19.7. The van der Waals surface area contributed by atoms with Gasteiger partial charge >= 0.3 is 6.16 Å². The molecule has 0 saturated carbocycles. The first kappa shape index (κ1) is 24.9.